The van der Waals surface area contributed by atoms with Crippen molar-refractivity contribution in [1.29, 1.82) is 0 Å². The van der Waals surface area contributed by atoms with E-state index >= 15 is 0 Å². The smallest absolute Gasteiger partial charge is 0.132 e. The number of benzene rings is 1. The topological polar surface area (TPSA) is 39.1 Å². The third-order valence-corrected chi connectivity index (χ3v) is 3.50. The Balaban J connectivity index is 1.78. The van der Waals surface area contributed by atoms with E-state index in [-0.39, 0.29) is 0 Å². The maximum Gasteiger partial charge on any atom is 0.132 e. The van der Waals surface area contributed by atoms with Crippen LogP contribution < -0.4 is 10.1 Å². The van der Waals surface area contributed by atoms with E-state index in [9.17, 15) is 0 Å². The van der Waals surface area contributed by atoms with Gasteiger partial charge in [-0.05, 0) is 50.1 Å². The summed E-state index contributed by atoms with van der Waals surface area (Å²) in [6.45, 7) is 5.91. The highest BCUT2D eigenvalue weighted by Gasteiger charge is 2.02. The molecule has 0 aliphatic carbocycles. The van der Waals surface area contributed by atoms with Gasteiger partial charge in [-0.15, -0.1) is 0 Å². The van der Waals surface area contributed by atoms with Crippen LogP contribution in [0.15, 0.2) is 36.5 Å². The molecule has 2 rings (SSSR count). The molecule has 0 aliphatic heterocycles. The molecule has 114 valence electrons. The van der Waals surface area contributed by atoms with E-state index in [1.165, 1.54) is 5.56 Å². The van der Waals surface area contributed by atoms with Gasteiger partial charge in [0.05, 0.1) is 5.69 Å². The predicted octanol–water partition coefficient (Wildman–Crippen LogP) is 2.93. The molecule has 4 nitrogen and oxygen atoms in total. The fraction of sp³-hybridized carbons (Fsp3) is 0.471. The Morgan fingerprint density at radius 2 is 2.00 bits per heavy atom. The molecular weight excluding hydrogens is 262 g/mol. The first kappa shape index (κ1) is 15.6. The minimum absolute atomic E-state index is 0.512. The van der Waals surface area contributed by atoms with Gasteiger partial charge in [0.1, 0.15) is 12.4 Å². The molecule has 0 saturated heterocycles. The Hall–Kier alpha value is -1.81. The first-order valence-electron chi connectivity index (χ1n) is 7.61. The van der Waals surface area contributed by atoms with Crippen molar-refractivity contribution in [2.24, 2.45) is 7.05 Å². The third-order valence-electron chi connectivity index (χ3n) is 3.50. The highest BCUT2D eigenvalue weighted by atomic mass is 16.5. The van der Waals surface area contributed by atoms with E-state index in [4.69, 9.17) is 4.74 Å². The molecule has 0 bridgehead atoms. The minimum atomic E-state index is 0.512. The van der Waals surface area contributed by atoms with Crippen LogP contribution in [-0.4, -0.2) is 22.4 Å². The highest BCUT2D eigenvalue weighted by molar-refractivity contribution is 5.27. The zero-order valence-corrected chi connectivity index (χ0v) is 13.2. The van der Waals surface area contributed by atoms with E-state index in [1.54, 1.807) is 4.68 Å². The van der Waals surface area contributed by atoms with Crippen LogP contribution in [0.25, 0.3) is 0 Å². The molecule has 0 spiro atoms. The molecule has 0 saturated carbocycles. The average molecular weight is 287 g/mol. The number of ether oxygens (including phenoxy) is 1. The van der Waals surface area contributed by atoms with Gasteiger partial charge in [0.15, 0.2) is 0 Å². The van der Waals surface area contributed by atoms with Crippen LogP contribution >= 0.6 is 0 Å². The van der Waals surface area contributed by atoms with Crippen LogP contribution in [0.2, 0.25) is 0 Å². The Bertz CT molecular complexity index is 533. The highest BCUT2D eigenvalue weighted by Crippen LogP contribution is 2.15. The number of aromatic nitrogens is 2. The van der Waals surface area contributed by atoms with Crippen molar-refractivity contribution in [3.63, 3.8) is 0 Å². The Morgan fingerprint density at radius 3 is 2.62 bits per heavy atom. The summed E-state index contributed by atoms with van der Waals surface area (Å²) in [6, 6.07) is 10.9. The van der Waals surface area contributed by atoms with Crippen molar-refractivity contribution in [2.75, 3.05) is 6.54 Å². The van der Waals surface area contributed by atoms with Crippen molar-refractivity contribution in [3.05, 3.63) is 47.8 Å². The minimum Gasteiger partial charge on any atom is -0.487 e. The summed E-state index contributed by atoms with van der Waals surface area (Å²) in [6.07, 6.45) is 4.17. The van der Waals surface area contributed by atoms with Gasteiger partial charge in [0, 0.05) is 19.3 Å². The molecule has 4 heteroatoms. The zero-order chi connectivity index (χ0) is 15.1. The first-order valence-corrected chi connectivity index (χ1v) is 7.61. The standard InChI is InChI=1S/C17H25N3O/c1-4-18-14(2)5-6-15-7-9-17(10-8-15)21-13-16-11-12-20(3)19-16/h7-12,14,18H,4-6,13H2,1-3H3. The lowest BCUT2D eigenvalue weighted by Crippen LogP contribution is -2.25. The summed E-state index contributed by atoms with van der Waals surface area (Å²) >= 11 is 0. The molecule has 1 aromatic heterocycles. The average Bonchev–Trinajstić information content (AvgIpc) is 2.90. The Morgan fingerprint density at radius 1 is 1.24 bits per heavy atom. The molecule has 1 atom stereocenters. The van der Waals surface area contributed by atoms with Crippen molar-refractivity contribution >= 4 is 0 Å². The summed E-state index contributed by atoms with van der Waals surface area (Å²) in [5.41, 5.74) is 2.30. The molecular formula is C17H25N3O. The molecule has 2 aromatic rings. The largest absolute Gasteiger partial charge is 0.487 e. The molecule has 0 radical (unpaired) electrons. The van der Waals surface area contributed by atoms with Crippen LogP contribution in [0.1, 0.15) is 31.5 Å². The molecule has 0 fully saturated rings. The van der Waals surface area contributed by atoms with E-state index < -0.39 is 0 Å². The normalized spacial score (nSPS) is 12.3. The molecule has 1 heterocycles. The van der Waals surface area contributed by atoms with Gasteiger partial charge < -0.3 is 10.1 Å². The second kappa shape index (κ2) is 7.84. The second-order valence-corrected chi connectivity index (χ2v) is 5.41. The number of aryl methyl sites for hydroxylation is 2. The van der Waals surface area contributed by atoms with Crippen LogP contribution in [-0.2, 0) is 20.1 Å². The summed E-state index contributed by atoms with van der Waals surface area (Å²) in [5.74, 6) is 0.893. The van der Waals surface area contributed by atoms with Crippen LogP contribution in [0.3, 0.4) is 0 Å². The number of nitrogens with zero attached hydrogens (tertiary/aromatic N) is 2. The van der Waals surface area contributed by atoms with Crippen LogP contribution in [0.4, 0.5) is 0 Å². The van der Waals surface area contributed by atoms with E-state index in [0.717, 1.165) is 30.8 Å². The number of hydrogen-bond acceptors (Lipinski definition) is 3. The van der Waals surface area contributed by atoms with Gasteiger partial charge in [-0.1, -0.05) is 19.1 Å². The van der Waals surface area contributed by atoms with E-state index in [1.807, 2.05) is 31.4 Å². The summed E-state index contributed by atoms with van der Waals surface area (Å²) in [7, 11) is 1.91. The SMILES string of the molecule is CCNC(C)CCc1ccc(OCc2ccn(C)n2)cc1. The fourth-order valence-corrected chi connectivity index (χ4v) is 2.28. The van der Waals surface area contributed by atoms with Gasteiger partial charge in [-0.3, -0.25) is 4.68 Å². The van der Waals surface area contributed by atoms with Gasteiger partial charge in [0.2, 0.25) is 0 Å². The van der Waals surface area contributed by atoms with E-state index in [0.29, 0.717) is 12.6 Å². The van der Waals surface area contributed by atoms with Gasteiger partial charge >= 0.3 is 0 Å². The fourth-order valence-electron chi connectivity index (χ4n) is 2.28. The number of nitrogens with one attached hydrogen (secondary N) is 1. The Kier molecular flexibility index (Phi) is 5.81. The molecule has 1 unspecified atom stereocenters. The third kappa shape index (κ3) is 5.23. The molecule has 0 amide bonds. The predicted molar refractivity (Wildman–Crippen MR) is 85.4 cm³/mol. The lowest BCUT2D eigenvalue weighted by atomic mass is 10.1. The van der Waals surface area contributed by atoms with Crippen LogP contribution in [0.5, 0.6) is 5.75 Å². The molecule has 1 aromatic carbocycles. The number of hydrogen-bond donors (Lipinski definition) is 1. The summed E-state index contributed by atoms with van der Waals surface area (Å²) < 4.78 is 7.52. The van der Waals surface area contributed by atoms with E-state index in [2.05, 4.69) is 36.4 Å². The zero-order valence-electron chi connectivity index (χ0n) is 13.2. The quantitative estimate of drug-likeness (QED) is 0.811. The molecule has 21 heavy (non-hydrogen) atoms. The van der Waals surface area contributed by atoms with Crippen LogP contribution in [0, 0.1) is 0 Å². The van der Waals surface area contributed by atoms with Gasteiger partial charge in [-0.2, -0.15) is 5.10 Å². The van der Waals surface area contributed by atoms with Gasteiger partial charge in [-0.25, -0.2) is 0 Å². The first-order chi connectivity index (χ1) is 10.2. The van der Waals surface area contributed by atoms with Crippen molar-refractivity contribution in [2.45, 2.75) is 39.3 Å². The summed E-state index contributed by atoms with van der Waals surface area (Å²) in [5, 5.41) is 7.73. The summed E-state index contributed by atoms with van der Waals surface area (Å²) in [4.78, 5) is 0. The second-order valence-electron chi connectivity index (χ2n) is 5.41. The lowest BCUT2D eigenvalue weighted by Gasteiger charge is -2.12. The van der Waals surface area contributed by atoms with Gasteiger partial charge in [0.25, 0.3) is 0 Å². The lowest BCUT2D eigenvalue weighted by molar-refractivity contribution is 0.300. The molecule has 0 aliphatic rings. The Labute approximate surface area is 127 Å². The number of rotatable bonds is 8. The maximum absolute atomic E-state index is 5.74. The maximum atomic E-state index is 5.74. The monoisotopic (exact) mass is 287 g/mol. The molecule has 1 N–H and O–H groups in total. The van der Waals surface area contributed by atoms with Crippen molar-refractivity contribution in [1.82, 2.24) is 15.1 Å². The van der Waals surface area contributed by atoms with Crippen molar-refractivity contribution < 1.29 is 4.74 Å². The van der Waals surface area contributed by atoms with Crippen molar-refractivity contribution in [3.8, 4) is 5.75 Å².